The predicted molar refractivity (Wildman–Crippen MR) is 149 cm³/mol. The van der Waals surface area contributed by atoms with Crippen LogP contribution in [0.5, 0.6) is 0 Å². The maximum atomic E-state index is 12.4. The molecule has 0 aliphatic carbocycles. The van der Waals surface area contributed by atoms with Crippen LogP contribution in [0.1, 0.15) is 24.5 Å². The van der Waals surface area contributed by atoms with Gasteiger partial charge in [0.2, 0.25) is 5.91 Å². The summed E-state index contributed by atoms with van der Waals surface area (Å²) in [5.41, 5.74) is 3.85. The highest BCUT2D eigenvalue weighted by atomic mass is 127. The normalized spacial score (nSPS) is 15.8. The second kappa shape index (κ2) is 14.1. The van der Waals surface area contributed by atoms with Gasteiger partial charge in [0.15, 0.2) is 5.96 Å². The van der Waals surface area contributed by atoms with Crippen LogP contribution in [0.2, 0.25) is 0 Å². The summed E-state index contributed by atoms with van der Waals surface area (Å²) in [5.74, 6) is 1.37. The van der Waals surface area contributed by atoms with Gasteiger partial charge in [-0.05, 0) is 37.5 Å². The summed E-state index contributed by atoms with van der Waals surface area (Å²) >= 11 is 0. The molecular formula is C26H38IN5O. The van der Waals surface area contributed by atoms with Crippen LogP contribution >= 0.6 is 24.0 Å². The highest BCUT2D eigenvalue weighted by Crippen LogP contribution is 2.19. The average Bonchev–Trinajstić information content (AvgIpc) is 3.18. The number of aryl methyl sites for hydroxylation is 1. The summed E-state index contributed by atoms with van der Waals surface area (Å²) in [6.07, 6.45) is 1.51. The van der Waals surface area contributed by atoms with E-state index >= 15 is 0 Å². The van der Waals surface area contributed by atoms with E-state index in [1.165, 1.54) is 16.8 Å². The Labute approximate surface area is 215 Å². The number of guanidine groups is 1. The second-order valence-electron chi connectivity index (χ2n) is 8.39. The second-order valence-corrected chi connectivity index (χ2v) is 8.39. The average molecular weight is 564 g/mol. The molecule has 0 spiro atoms. The van der Waals surface area contributed by atoms with Gasteiger partial charge in [-0.2, -0.15) is 0 Å². The van der Waals surface area contributed by atoms with Crippen LogP contribution in [0.4, 0.5) is 5.69 Å². The number of halogens is 1. The standard InChI is InChI=1S/C26H37N5O.HI/c1-4-30(24-13-9-8-10-21(24)2)17-15-28-26(27-3)29-19-23-18-25(32)31(20-23)16-14-22-11-6-5-7-12-22;/h5-13,23H,4,14-20H2,1-3H3,(H2,27,28,29);1H. The van der Waals surface area contributed by atoms with Gasteiger partial charge in [0, 0.05) is 64.3 Å². The molecule has 2 aromatic rings. The molecular weight excluding hydrogens is 525 g/mol. The highest BCUT2D eigenvalue weighted by Gasteiger charge is 2.29. The first-order valence-corrected chi connectivity index (χ1v) is 11.7. The van der Waals surface area contributed by atoms with E-state index in [2.05, 4.69) is 70.8 Å². The topological polar surface area (TPSA) is 60.0 Å². The number of rotatable bonds is 10. The fraction of sp³-hybridized carbons (Fsp3) is 0.462. The van der Waals surface area contributed by atoms with E-state index in [1.807, 2.05) is 23.1 Å². The van der Waals surface area contributed by atoms with E-state index in [0.717, 1.165) is 51.6 Å². The van der Waals surface area contributed by atoms with Crippen LogP contribution in [0.25, 0.3) is 0 Å². The largest absolute Gasteiger partial charge is 0.370 e. The number of nitrogens with one attached hydrogen (secondary N) is 2. The third-order valence-corrected chi connectivity index (χ3v) is 6.10. The van der Waals surface area contributed by atoms with Gasteiger partial charge in [-0.15, -0.1) is 24.0 Å². The molecule has 1 amide bonds. The molecule has 0 aromatic heterocycles. The monoisotopic (exact) mass is 563 g/mol. The van der Waals surface area contributed by atoms with Gasteiger partial charge in [-0.1, -0.05) is 48.5 Å². The smallest absolute Gasteiger partial charge is 0.223 e. The van der Waals surface area contributed by atoms with Gasteiger partial charge in [-0.3, -0.25) is 9.79 Å². The lowest BCUT2D eigenvalue weighted by atomic mass is 10.1. The van der Waals surface area contributed by atoms with Crippen molar-refractivity contribution in [3.63, 3.8) is 0 Å². The number of hydrogen-bond acceptors (Lipinski definition) is 3. The Balaban J connectivity index is 0.00000385. The van der Waals surface area contributed by atoms with Gasteiger partial charge >= 0.3 is 0 Å². The molecule has 7 heteroatoms. The number of aliphatic imine (C=N–C) groups is 1. The fourth-order valence-corrected chi connectivity index (χ4v) is 4.25. The Bertz CT molecular complexity index is 889. The number of anilines is 1. The number of benzene rings is 2. The highest BCUT2D eigenvalue weighted by molar-refractivity contribution is 14.0. The summed E-state index contributed by atoms with van der Waals surface area (Å²) in [5, 5.41) is 6.83. The molecule has 6 nitrogen and oxygen atoms in total. The zero-order valence-electron chi connectivity index (χ0n) is 20.1. The van der Waals surface area contributed by atoms with E-state index in [9.17, 15) is 4.79 Å². The van der Waals surface area contributed by atoms with E-state index in [1.54, 1.807) is 7.05 Å². The first-order chi connectivity index (χ1) is 15.6. The molecule has 1 heterocycles. The van der Waals surface area contributed by atoms with Gasteiger partial charge in [-0.25, -0.2) is 0 Å². The molecule has 0 radical (unpaired) electrons. The van der Waals surface area contributed by atoms with Crippen LogP contribution in [0, 0.1) is 12.8 Å². The summed E-state index contributed by atoms with van der Waals surface area (Å²) in [6, 6.07) is 18.8. The van der Waals surface area contributed by atoms with E-state index < -0.39 is 0 Å². The molecule has 1 aliphatic heterocycles. The first kappa shape index (κ1) is 27.0. The minimum Gasteiger partial charge on any atom is -0.370 e. The SMILES string of the molecule is CCN(CCNC(=NC)NCC1CC(=O)N(CCc2ccccc2)C1)c1ccccc1C.I. The number of carbonyl (C=O) groups excluding carboxylic acids is 1. The molecule has 1 atom stereocenters. The molecule has 3 rings (SSSR count). The number of likely N-dealkylation sites (N-methyl/N-ethyl adjacent to an activating group) is 1. The number of amides is 1. The summed E-state index contributed by atoms with van der Waals surface area (Å²) < 4.78 is 0. The molecule has 1 unspecified atom stereocenters. The Morgan fingerprint density at radius 3 is 2.55 bits per heavy atom. The van der Waals surface area contributed by atoms with Crippen molar-refractivity contribution >= 4 is 41.5 Å². The molecule has 180 valence electrons. The fourth-order valence-electron chi connectivity index (χ4n) is 4.25. The molecule has 2 aromatic carbocycles. The van der Waals surface area contributed by atoms with Crippen LogP contribution in [0.15, 0.2) is 59.6 Å². The van der Waals surface area contributed by atoms with Crippen molar-refractivity contribution in [2.45, 2.75) is 26.7 Å². The number of likely N-dealkylation sites (tertiary alicyclic amines) is 1. The number of hydrogen-bond donors (Lipinski definition) is 2. The molecule has 1 fully saturated rings. The van der Waals surface area contributed by atoms with E-state index in [0.29, 0.717) is 12.3 Å². The van der Waals surface area contributed by atoms with Crippen molar-refractivity contribution in [1.29, 1.82) is 0 Å². The lowest BCUT2D eigenvalue weighted by Gasteiger charge is -2.25. The van der Waals surface area contributed by atoms with Gasteiger partial charge < -0.3 is 20.4 Å². The maximum Gasteiger partial charge on any atom is 0.223 e. The Kier molecular flexibility index (Phi) is 11.5. The van der Waals surface area contributed by atoms with Crippen LogP contribution in [0.3, 0.4) is 0 Å². The Morgan fingerprint density at radius 1 is 1.12 bits per heavy atom. The molecule has 1 saturated heterocycles. The molecule has 33 heavy (non-hydrogen) atoms. The molecule has 0 bridgehead atoms. The molecule has 1 aliphatic rings. The minimum absolute atomic E-state index is 0. The number of para-hydroxylation sites is 1. The molecule has 2 N–H and O–H groups in total. The summed E-state index contributed by atoms with van der Waals surface area (Å²) in [7, 11) is 1.79. The van der Waals surface area contributed by atoms with Crippen molar-refractivity contribution in [2.24, 2.45) is 10.9 Å². The van der Waals surface area contributed by atoms with Gasteiger partial charge in [0.1, 0.15) is 0 Å². The van der Waals surface area contributed by atoms with Gasteiger partial charge in [0.25, 0.3) is 0 Å². The first-order valence-electron chi connectivity index (χ1n) is 11.7. The summed E-state index contributed by atoms with van der Waals surface area (Å²) in [4.78, 5) is 21.1. The minimum atomic E-state index is 0. The predicted octanol–water partition coefficient (Wildman–Crippen LogP) is 3.70. The Morgan fingerprint density at radius 2 is 1.85 bits per heavy atom. The Hall–Kier alpha value is -2.29. The van der Waals surface area contributed by atoms with E-state index in [4.69, 9.17) is 0 Å². The van der Waals surface area contributed by atoms with Crippen molar-refractivity contribution in [3.05, 3.63) is 65.7 Å². The van der Waals surface area contributed by atoms with E-state index in [-0.39, 0.29) is 29.9 Å². The van der Waals surface area contributed by atoms with Crippen molar-refractivity contribution in [2.75, 3.05) is 51.2 Å². The van der Waals surface area contributed by atoms with Gasteiger partial charge in [0.05, 0.1) is 0 Å². The summed E-state index contributed by atoms with van der Waals surface area (Å²) in [6.45, 7) is 9.35. The van der Waals surface area contributed by atoms with Crippen LogP contribution in [-0.4, -0.2) is 63.1 Å². The lowest BCUT2D eigenvalue weighted by Crippen LogP contribution is -2.43. The van der Waals surface area contributed by atoms with Crippen molar-refractivity contribution in [3.8, 4) is 0 Å². The zero-order valence-corrected chi connectivity index (χ0v) is 22.4. The zero-order chi connectivity index (χ0) is 22.8. The van der Waals surface area contributed by atoms with Crippen molar-refractivity contribution < 1.29 is 4.79 Å². The third-order valence-electron chi connectivity index (χ3n) is 6.10. The maximum absolute atomic E-state index is 12.4. The number of nitrogens with zero attached hydrogens (tertiary/aromatic N) is 3. The lowest BCUT2D eigenvalue weighted by molar-refractivity contribution is -0.127. The number of carbonyl (C=O) groups is 1. The van der Waals surface area contributed by atoms with Crippen LogP contribution < -0.4 is 15.5 Å². The van der Waals surface area contributed by atoms with Crippen molar-refractivity contribution in [1.82, 2.24) is 15.5 Å². The van der Waals surface area contributed by atoms with Crippen LogP contribution in [-0.2, 0) is 11.2 Å². The third kappa shape index (κ3) is 8.21. The quantitative estimate of drug-likeness (QED) is 0.263. The molecule has 0 saturated carbocycles.